The number of carbonyl (C=O) groups excluding carboxylic acids is 1. The van der Waals surface area contributed by atoms with Crippen molar-refractivity contribution < 1.29 is 14.3 Å². The van der Waals surface area contributed by atoms with Gasteiger partial charge in [0, 0.05) is 11.8 Å². The van der Waals surface area contributed by atoms with Gasteiger partial charge in [0.15, 0.2) is 6.61 Å². The Hall–Kier alpha value is -2.76. The molecular weight excluding hydrogens is 270 g/mol. The largest absolute Gasteiger partial charge is 0.482 e. The average Bonchev–Trinajstić information content (AvgIpc) is 2.50. The van der Waals surface area contributed by atoms with E-state index >= 15 is 0 Å². The van der Waals surface area contributed by atoms with Gasteiger partial charge in [0.1, 0.15) is 5.75 Å². The Morgan fingerprint density at radius 3 is 3.05 bits per heavy atom. The number of nitrogens with two attached hydrogens (primary N) is 1. The first kappa shape index (κ1) is 13.2. The van der Waals surface area contributed by atoms with Crippen molar-refractivity contribution in [3.63, 3.8) is 0 Å². The van der Waals surface area contributed by atoms with Crippen molar-refractivity contribution in [2.75, 3.05) is 24.4 Å². The molecule has 0 atom stereocenters. The minimum Gasteiger partial charge on any atom is -0.482 e. The molecule has 21 heavy (non-hydrogen) atoms. The molecule has 0 unspecified atom stereocenters. The number of rotatable bonds is 3. The molecule has 1 amide bonds. The first-order valence-corrected chi connectivity index (χ1v) is 6.50. The number of nitrogens with zero attached hydrogens (tertiary/aromatic N) is 2. The van der Waals surface area contributed by atoms with Crippen molar-refractivity contribution >= 4 is 17.3 Å². The molecule has 1 aromatic heterocycles. The molecule has 1 aromatic carbocycles. The van der Waals surface area contributed by atoms with Gasteiger partial charge in [-0.25, -0.2) is 4.98 Å². The Labute approximate surface area is 122 Å². The number of hydrogen-bond donors (Lipinski definition) is 1. The number of hydrogen-bond acceptors (Lipinski definition) is 5. The van der Waals surface area contributed by atoms with E-state index < -0.39 is 0 Å². The summed E-state index contributed by atoms with van der Waals surface area (Å²) in [5.74, 6) is 1.03. The second-order valence-electron chi connectivity index (χ2n) is 4.67. The second-order valence-corrected chi connectivity index (χ2v) is 4.67. The summed E-state index contributed by atoms with van der Waals surface area (Å²) in [7, 11) is 1.56. The smallest absolute Gasteiger partial charge is 0.265 e. The fourth-order valence-corrected chi connectivity index (χ4v) is 2.21. The number of aromatic nitrogens is 1. The number of ether oxygens (including phenoxy) is 2. The molecule has 0 spiro atoms. The van der Waals surface area contributed by atoms with Gasteiger partial charge in [0.25, 0.3) is 5.91 Å². The minimum atomic E-state index is -0.127. The number of nitrogen functional groups attached to an aromatic ring is 1. The Bertz CT molecular complexity index is 688. The van der Waals surface area contributed by atoms with Gasteiger partial charge < -0.3 is 15.2 Å². The van der Waals surface area contributed by atoms with Gasteiger partial charge in [0.05, 0.1) is 25.0 Å². The molecule has 1 aliphatic rings. The molecule has 0 bridgehead atoms. The zero-order valence-electron chi connectivity index (χ0n) is 11.6. The van der Waals surface area contributed by atoms with Crippen molar-refractivity contribution in [2.45, 2.75) is 6.54 Å². The molecule has 0 fully saturated rings. The molecule has 0 aliphatic carbocycles. The van der Waals surface area contributed by atoms with Crippen LogP contribution >= 0.6 is 0 Å². The number of anilines is 2. The van der Waals surface area contributed by atoms with E-state index in [0.717, 1.165) is 5.69 Å². The third-order valence-corrected chi connectivity index (χ3v) is 3.24. The molecule has 3 rings (SSSR count). The zero-order valence-corrected chi connectivity index (χ0v) is 11.6. The van der Waals surface area contributed by atoms with Crippen LogP contribution in [0.2, 0.25) is 0 Å². The molecule has 2 aromatic rings. The number of amides is 1. The third-order valence-electron chi connectivity index (χ3n) is 3.24. The van der Waals surface area contributed by atoms with Gasteiger partial charge in [-0.2, -0.15) is 0 Å². The zero-order chi connectivity index (χ0) is 14.8. The summed E-state index contributed by atoms with van der Waals surface area (Å²) in [4.78, 5) is 18.1. The minimum absolute atomic E-state index is 0.0148. The standard InChI is InChI=1S/C15H15N3O3/c1-20-14-4-2-3-11(17-14)8-18-12-7-10(16)5-6-13(12)21-9-15(18)19/h2-7H,8-9,16H2,1H3. The van der Waals surface area contributed by atoms with Crippen LogP contribution in [0.15, 0.2) is 36.4 Å². The van der Waals surface area contributed by atoms with Crippen molar-refractivity contribution in [3.8, 4) is 11.6 Å². The van der Waals surface area contributed by atoms with Crippen LogP contribution in [-0.2, 0) is 11.3 Å². The van der Waals surface area contributed by atoms with Crippen LogP contribution in [0.4, 0.5) is 11.4 Å². The lowest BCUT2D eigenvalue weighted by Crippen LogP contribution is -2.38. The Morgan fingerprint density at radius 2 is 2.24 bits per heavy atom. The van der Waals surface area contributed by atoms with Crippen molar-refractivity contribution in [2.24, 2.45) is 0 Å². The summed E-state index contributed by atoms with van der Waals surface area (Å²) in [6, 6.07) is 10.7. The van der Waals surface area contributed by atoms with Crippen LogP contribution < -0.4 is 20.1 Å². The molecule has 0 radical (unpaired) electrons. The first-order chi connectivity index (χ1) is 10.2. The number of carbonyl (C=O) groups is 1. The maximum atomic E-state index is 12.1. The van der Waals surface area contributed by atoms with E-state index in [1.165, 1.54) is 0 Å². The summed E-state index contributed by atoms with van der Waals surface area (Å²) >= 11 is 0. The molecule has 108 valence electrons. The lowest BCUT2D eigenvalue weighted by atomic mass is 10.2. The monoisotopic (exact) mass is 285 g/mol. The normalized spacial score (nSPS) is 13.6. The van der Waals surface area contributed by atoms with Gasteiger partial charge in [-0.1, -0.05) is 6.07 Å². The Balaban J connectivity index is 1.94. The third kappa shape index (κ3) is 2.60. The molecule has 6 heteroatoms. The van der Waals surface area contributed by atoms with E-state index in [9.17, 15) is 4.79 Å². The maximum Gasteiger partial charge on any atom is 0.265 e. The molecular formula is C15H15N3O3. The lowest BCUT2D eigenvalue weighted by molar-refractivity contribution is -0.121. The van der Waals surface area contributed by atoms with E-state index in [0.29, 0.717) is 29.5 Å². The average molecular weight is 285 g/mol. The Kier molecular flexibility index (Phi) is 3.35. The summed E-state index contributed by atoms with van der Waals surface area (Å²) < 4.78 is 10.5. The highest BCUT2D eigenvalue weighted by molar-refractivity contribution is 5.98. The topological polar surface area (TPSA) is 77.7 Å². The first-order valence-electron chi connectivity index (χ1n) is 6.50. The fraction of sp³-hybridized carbons (Fsp3) is 0.200. The van der Waals surface area contributed by atoms with E-state index in [4.69, 9.17) is 15.2 Å². The van der Waals surface area contributed by atoms with Gasteiger partial charge in [0.2, 0.25) is 5.88 Å². The van der Waals surface area contributed by atoms with Crippen LogP contribution in [-0.4, -0.2) is 24.6 Å². The van der Waals surface area contributed by atoms with Gasteiger partial charge in [-0.3, -0.25) is 9.69 Å². The molecule has 0 saturated heterocycles. The number of benzene rings is 1. The van der Waals surface area contributed by atoms with Gasteiger partial charge >= 0.3 is 0 Å². The van der Waals surface area contributed by atoms with Crippen LogP contribution in [0.3, 0.4) is 0 Å². The predicted octanol–water partition coefficient (Wildman–Crippen LogP) is 1.60. The predicted molar refractivity (Wildman–Crippen MR) is 78.3 cm³/mol. The molecule has 6 nitrogen and oxygen atoms in total. The summed E-state index contributed by atoms with van der Waals surface area (Å²) in [5, 5.41) is 0. The summed E-state index contributed by atoms with van der Waals surface area (Å²) in [5.41, 5.74) is 7.78. The van der Waals surface area contributed by atoms with E-state index in [-0.39, 0.29) is 12.5 Å². The summed E-state index contributed by atoms with van der Waals surface area (Å²) in [6.07, 6.45) is 0. The number of pyridine rings is 1. The molecule has 1 aliphatic heterocycles. The van der Waals surface area contributed by atoms with Crippen molar-refractivity contribution in [3.05, 3.63) is 42.1 Å². The SMILES string of the molecule is COc1cccc(CN2C(=O)COc3ccc(N)cc32)n1. The quantitative estimate of drug-likeness (QED) is 0.867. The second kappa shape index (κ2) is 5.32. The molecule has 2 N–H and O–H groups in total. The highest BCUT2D eigenvalue weighted by Gasteiger charge is 2.26. The van der Waals surface area contributed by atoms with E-state index in [2.05, 4.69) is 4.98 Å². The fourth-order valence-electron chi connectivity index (χ4n) is 2.21. The number of fused-ring (bicyclic) bond motifs is 1. The van der Waals surface area contributed by atoms with Crippen molar-refractivity contribution in [1.82, 2.24) is 4.98 Å². The van der Waals surface area contributed by atoms with E-state index in [1.807, 2.05) is 12.1 Å². The molecule has 0 saturated carbocycles. The summed E-state index contributed by atoms with van der Waals surface area (Å²) in [6.45, 7) is 0.358. The highest BCUT2D eigenvalue weighted by Crippen LogP contribution is 2.34. The van der Waals surface area contributed by atoms with Crippen molar-refractivity contribution in [1.29, 1.82) is 0 Å². The van der Waals surface area contributed by atoms with E-state index in [1.54, 1.807) is 36.3 Å². The maximum absolute atomic E-state index is 12.1. The van der Waals surface area contributed by atoms with Crippen LogP contribution in [0, 0.1) is 0 Å². The van der Waals surface area contributed by atoms with Crippen LogP contribution in [0.25, 0.3) is 0 Å². The van der Waals surface area contributed by atoms with Gasteiger partial charge in [-0.05, 0) is 24.3 Å². The number of methoxy groups -OCH3 is 1. The van der Waals surface area contributed by atoms with Gasteiger partial charge in [-0.15, -0.1) is 0 Å². The van der Waals surface area contributed by atoms with Crippen LogP contribution in [0.1, 0.15) is 5.69 Å². The van der Waals surface area contributed by atoms with Crippen LogP contribution in [0.5, 0.6) is 11.6 Å². The highest BCUT2D eigenvalue weighted by atomic mass is 16.5. The molecule has 2 heterocycles. The lowest BCUT2D eigenvalue weighted by Gasteiger charge is -2.29. The Morgan fingerprint density at radius 1 is 1.38 bits per heavy atom.